The van der Waals surface area contributed by atoms with Crippen LogP contribution in [0.3, 0.4) is 0 Å². The van der Waals surface area contributed by atoms with E-state index in [1.807, 2.05) is 17.1 Å². The van der Waals surface area contributed by atoms with Crippen molar-refractivity contribution in [2.75, 3.05) is 5.32 Å². The van der Waals surface area contributed by atoms with Gasteiger partial charge in [-0.1, -0.05) is 30.1 Å². The van der Waals surface area contributed by atoms with Crippen molar-refractivity contribution in [1.82, 2.24) is 9.78 Å². The zero-order valence-corrected chi connectivity index (χ0v) is 13.6. The molecule has 1 aliphatic rings. The molecule has 0 aliphatic carbocycles. The number of fused-ring (bicyclic) bond motifs is 1. The molecule has 0 fully saturated rings. The van der Waals surface area contributed by atoms with Crippen molar-refractivity contribution in [2.24, 2.45) is 8.73 Å². The minimum Gasteiger partial charge on any atom is -0.378 e. The average molecular weight is 342 g/mol. The average Bonchev–Trinajstić information content (AvgIpc) is 3.08. The molecule has 0 saturated carbocycles. The lowest BCUT2D eigenvalue weighted by molar-refractivity contribution is 0.602. The maximum Gasteiger partial charge on any atom is 0.130 e. The van der Waals surface area contributed by atoms with E-state index in [1.165, 1.54) is 0 Å². The number of rotatable bonds is 5. The summed E-state index contributed by atoms with van der Waals surface area (Å²) in [5, 5.41) is 8.67. The van der Waals surface area contributed by atoms with Crippen LogP contribution in [0.4, 0.5) is 17.1 Å². The van der Waals surface area contributed by atoms with Crippen LogP contribution in [0.25, 0.3) is 0 Å². The Balaban J connectivity index is 1.79. The smallest absolute Gasteiger partial charge is 0.130 e. The highest BCUT2D eigenvalue weighted by Crippen LogP contribution is 2.47. The molecule has 1 aromatic heterocycles. The van der Waals surface area contributed by atoms with Crippen molar-refractivity contribution >= 4 is 51.6 Å². The van der Waals surface area contributed by atoms with Crippen LogP contribution in [-0.2, 0) is 24.4 Å². The Hall–Kier alpha value is -1.37. The first kappa shape index (κ1) is 14.6. The van der Waals surface area contributed by atoms with Crippen LogP contribution in [0.1, 0.15) is 18.9 Å². The molecule has 8 heteroatoms. The zero-order chi connectivity index (χ0) is 14.8. The lowest BCUT2D eigenvalue weighted by Crippen LogP contribution is -2.00. The van der Waals surface area contributed by atoms with Gasteiger partial charge in [0.25, 0.3) is 0 Å². The van der Waals surface area contributed by atoms with Gasteiger partial charge in [-0.25, -0.2) is 0 Å². The molecular formula is C13H13Cl2N5S. The fourth-order valence-electron chi connectivity index (χ4n) is 2.08. The predicted octanol–water partition coefficient (Wildman–Crippen LogP) is 4.94. The maximum absolute atomic E-state index is 6.26. The van der Waals surface area contributed by atoms with Gasteiger partial charge in [0.2, 0.25) is 0 Å². The van der Waals surface area contributed by atoms with E-state index >= 15 is 0 Å². The standard InChI is InChI=1S/C13H13Cl2N5S/c1-2-3-20-7-8(6-17-20)5-16-11-9(14)4-10(15)12-13(11)19-21-18-12/h4,6-7,16H,2-3,5H2,1H3. The molecule has 2 heterocycles. The molecule has 2 aromatic rings. The van der Waals surface area contributed by atoms with Crippen molar-refractivity contribution < 1.29 is 0 Å². The SMILES string of the molecule is CCCn1cc(CNc2c(Cl)cc(Cl)c3c2N=S=N3)cn1. The van der Waals surface area contributed by atoms with E-state index in [1.54, 1.807) is 6.07 Å². The molecule has 0 spiro atoms. The lowest BCUT2D eigenvalue weighted by atomic mass is 10.2. The Bertz CT molecular complexity index is 749. The number of anilines is 1. The largest absolute Gasteiger partial charge is 0.378 e. The molecule has 5 nitrogen and oxygen atoms in total. The molecule has 1 aliphatic heterocycles. The number of benzene rings is 1. The fraction of sp³-hybridized carbons (Fsp3) is 0.308. The Morgan fingerprint density at radius 2 is 2.05 bits per heavy atom. The number of nitrogens with zero attached hydrogens (tertiary/aromatic N) is 4. The van der Waals surface area contributed by atoms with E-state index in [-0.39, 0.29) is 0 Å². The molecule has 1 aromatic carbocycles. The van der Waals surface area contributed by atoms with E-state index in [0.717, 1.165) is 35.6 Å². The van der Waals surface area contributed by atoms with Gasteiger partial charge in [0.1, 0.15) is 11.4 Å². The predicted molar refractivity (Wildman–Crippen MR) is 87.8 cm³/mol. The van der Waals surface area contributed by atoms with Crippen LogP contribution in [0.5, 0.6) is 0 Å². The molecule has 1 N–H and O–H groups in total. The summed E-state index contributed by atoms with van der Waals surface area (Å²) in [6.07, 6.45) is 4.93. The highest BCUT2D eigenvalue weighted by molar-refractivity contribution is 7.58. The number of nitrogens with one attached hydrogen (secondary N) is 1. The Morgan fingerprint density at radius 1 is 1.24 bits per heavy atom. The van der Waals surface area contributed by atoms with Crippen LogP contribution >= 0.6 is 23.2 Å². The third-order valence-corrected chi connectivity index (χ3v) is 4.17. The molecule has 0 saturated heterocycles. The van der Waals surface area contributed by atoms with Crippen molar-refractivity contribution in [1.29, 1.82) is 0 Å². The maximum atomic E-state index is 6.26. The summed E-state index contributed by atoms with van der Waals surface area (Å²) in [5.41, 5.74) is 3.23. The molecule has 3 rings (SSSR count). The quantitative estimate of drug-likeness (QED) is 0.714. The van der Waals surface area contributed by atoms with Crippen LogP contribution in [0.2, 0.25) is 10.0 Å². The number of aromatic nitrogens is 2. The number of hydrogen-bond donors (Lipinski definition) is 1. The fourth-order valence-corrected chi connectivity index (χ4v) is 3.26. The normalized spacial score (nSPS) is 12.3. The molecule has 0 unspecified atom stereocenters. The van der Waals surface area contributed by atoms with Crippen LogP contribution < -0.4 is 5.32 Å². The summed E-state index contributed by atoms with van der Waals surface area (Å²) in [5.74, 6) is 0. The first-order chi connectivity index (χ1) is 10.2. The van der Waals surface area contributed by atoms with Gasteiger partial charge in [0.05, 0.1) is 33.3 Å². The minimum atomic E-state index is 0.519. The second-order valence-electron chi connectivity index (χ2n) is 4.64. The summed E-state index contributed by atoms with van der Waals surface area (Å²) in [4.78, 5) is 0. The van der Waals surface area contributed by atoms with E-state index in [0.29, 0.717) is 28.0 Å². The number of hydrogen-bond acceptors (Lipinski definition) is 4. The van der Waals surface area contributed by atoms with Gasteiger partial charge in [0, 0.05) is 24.8 Å². The van der Waals surface area contributed by atoms with E-state index < -0.39 is 0 Å². The third-order valence-electron chi connectivity index (χ3n) is 3.05. The number of halogens is 2. The molecular weight excluding hydrogens is 329 g/mol. The van der Waals surface area contributed by atoms with Gasteiger partial charge in [-0.3, -0.25) is 4.68 Å². The van der Waals surface area contributed by atoms with E-state index in [9.17, 15) is 0 Å². The zero-order valence-electron chi connectivity index (χ0n) is 11.3. The van der Waals surface area contributed by atoms with Crippen LogP contribution in [0, 0.1) is 0 Å². The summed E-state index contributed by atoms with van der Waals surface area (Å²) >= 11 is 13.5. The van der Waals surface area contributed by atoms with Crippen LogP contribution in [0.15, 0.2) is 27.2 Å². The molecule has 21 heavy (non-hydrogen) atoms. The third kappa shape index (κ3) is 2.97. The molecule has 0 radical (unpaired) electrons. The first-order valence-corrected chi connectivity index (χ1v) is 8.03. The van der Waals surface area contributed by atoms with Crippen molar-refractivity contribution in [3.05, 3.63) is 34.1 Å². The van der Waals surface area contributed by atoms with E-state index in [2.05, 4.69) is 26.1 Å². The second-order valence-corrected chi connectivity index (χ2v) is 5.98. The Morgan fingerprint density at radius 3 is 2.86 bits per heavy atom. The summed E-state index contributed by atoms with van der Waals surface area (Å²) < 4.78 is 10.4. The van der Waals surface area contributed by atoms with Gasteiger partial charge < -0.3 is 5.32 Å². The molecule has 110 valence electrons. The highest BCUT2D eigenvalue weighted by atomic mass is 35.5. The van der Waals surface area contributed by atoms with Crippen molar-refractivity contribution in [2.45, 2.75) is 26.4 Å². The topological polar surface area (TPSA) is 54.6 Å². The molecule has 0 atom stereocenters. The minimum absolute atomic E-state index is 0.519. The van der Waals surface area contributed by atoms with Gasteiger partial charge >= 0.3 is 0 Å². The highest BCUT2D eigenvalue weighted by Gasteiger charge is 2.18. The van der Waals surface area contributed by atoms with Gasteiger partial charge in [-0.2, -0.15) is 13.8 Å². The lowest BCUT2D eigenvalue weighted by Gasteiger charge is -2.11. The van der Waals surface area contributed by atoms with Crippen molar-refractivity contribution in [3.63, 3.8) is 0 Å². The number of aryl methyl sites for hydroxylation is 1. The van der Waals surface area contributed by atoms with Crippen molar-refractivity contribution in [3.8, 4) is 0 Å². The van der Waals surface area contributed by atoms with Gasteiger partial charge in [-0.05, 0) is 12.5 Å². The van der Waals surface area contributed by atoms with Gasteiger partial charge in [-0.15, -0.1) is 0 Å². The Labute approximate surface area is 136 Å². The summed E-state index contributed by atoms with van der Waals surface area (Å²) in [6, 6.07) is 1.69. The van der Waals surface area contributed by atoms with E-state index in [4.69, 9.17) is 23.2 Å². The summed E-state index contributed by atoms with van der Waals surface area (Å²) in [6.45, 7) is 3.67. The monoisotopic (exact) mass is 341 g/mol. The second kappa shape index (κ2) is 6.17. The van der Waals surface area contributed by atoms with Gasteiger partial charge in [0.15, 0.2) is 0 Å². The first-order valence-electron chi connectivity index (χ1n) is 6.54. The Kier molecular flexibility index (Phi) is 4.28. The molecule has 0 amide bonds. The van der Waals surface area contributed by atoms with Crippen LogP contribution in [-0.4, -0.2) is 9.78 Å². The summed E-state index contributed by atoms with van der Waals surface area (Å²) in [7, 11) is 0. The molecule has 0 bridgehead atoms.